The third-order valence-electron chi connectivity index (χ3n) is 6.37. The number of nitrogens with one attached hydrogen (secondary N) is 1. The van der Waals surface area contributed by atoms with Gasteiger partial charge in [-0.1, -0.05) is 77.6 Å². The maximum atomic E-state index is 12.9. The smallest absolute Gasteiger partial charge is 0.224 e. The van der Waals surface area contributed by atoms with Crippen molar-refractivity contribution >= 4 is 5.91 Å². The molecule has 3 heteroatoms. The molecule has 3 nitrogen and oxygen atoms in total. The summed E-state index contributed by atoms with van der Waals surface area (Å²) >= 11 is 0. The van der Waals surface area contributed by atoms with E-state index in [0.717, 1.165) is 6.54 Å². The summed E-state index contributed by atoms with van der Waals surface area (Å²) in [5.41, 5.74) is -0.0517. The van der Waals surface area contributed by atoms with Gasteiger partial charge in [0.05, 0.1) is 0 Å². The molecule has 0 bridgehead atoms. The van der Waals surface area contributed by atoms with Crippen LogP contribution in [-0.2, 0) is 4.79 Å². The maximum Gasteiger partial charge on any atom is 0.224 e. The SMILES string of the molecule is CCCCCCCCCCCCN1C(=O)CC(C)(C)N[C@H]2CCCC[C@@H]21. The zero-order valence-corrected chi connectivity index (χ0v) is 17.8. The standard InChI is InChI=1S/C23H44N2O/c1-4-5-6-7-8-9-10-11-12-15-18-25-21-17-14-13-16-20(21)24-23(2,3)19-22(25)26/h20-21,24H,4-19H2,1-3H3/t20-,21-/m0/s1. The van der Waals surface area contributed by atoms with Crippen LogP contribution in [0.3, 0.4) is 0 Å². The molecule has 2 atom stereocenters. The Balaban J connectivity index is 1.67. The highest BCUT2D eigenvalue weighted by Crippen LogP contribution is 2.30. The molecule has 1 heterocycles. The van der Waals surface area contributed by atoms with Gasteiger partial charge in [-0.25, -0.2) is 0 Å². The Labute approximate surface area is 162 Å². The van der Waals surface area contributed by atoms with Gasteiger partial charge in [0, 0.05) is 30.6 Å². The van der Waals surface area contributed by atoms with E-state index in [1.165, 1.54) is 89.9 Å². The molecular formula is C23H44N2O. The van der Waals surface area contributed by atoms with E-state index in [2.05, 4.69) is 31.0 Å². The minimum atomic E-state index is -0.0517. The van der Waals surface area contributed by atoms with Crippen molar-refractivity contribution < 1.29 is 4.79 Å². The molecule has 0 aromatic rings. The van der Waals surface area contributed by atoms with Crippen molar-refractivity contribution in [2.75, 3.05) is 6.54 Å². The normalized spacial score (nSPS) is 25.8. The maximum absolute atomic E-state index is 12.9. The van der Waals surface area contributed by atoms with Crippen LogP contribution >= 0.6 is 0 Å². The van der Waals surface area contributed by atoms with Gasteiger partial charge in [-0.15, -0.1) is 0 Å². The molecule has 0 radical (unpaired) electrons. The van der Waals surface area contributed by atoms with Crippen molar-refractivity contribution in [2.45, 2.75) is 135 Å². The largest absolute Gasteiger partial charge is 0.338 e. The lowest BCUT2D eigenvalue weighted by molar-refractivity contribution is -0.134. The third-order valence-corrected chi connectivity index (χ3v) is 6.37. The number of rotatable bonds is 11. The van der Waals surface area contributed by atoms with Crippen LogP contribution < -0.4 is 5.32 Å². The van der Waals surface area contributed by atoms with Crippen LogP contribution in [0.1, 0.15) is 117 Å². The zero-order chi connectivity index (χ0) is 18.8. The van der Waals surface area contributed by atoms with E-state index in [1.807, 2.05) is 0 Å². The average molecular weight is 365 g/mol. The number of hydrogen-bond acceptors (Lipinski definition) is 2. The number of fused-ring (bicyclic) bond motifs is 1. The second kappa shape index (κ2) is 11.3. The first-order chi connectivity index (χ1) is 12.5. The topological polar surface area (TPSA) is 32.3 Å². The van der Waals surface area contributed by atoms with E-state index in [-0.39, 0.29) is 5.54 Å². The molecule has 152 valence electrons. The first-order valence-electron chi connectivity index (χ1n) is 11.6. The second-order valence-corrected chi connectivity index (χ2v) is 9.43. The lowest BCUT2D eigenvalue weighted by atomic mass is 9.88. The van der Waals surface area contributed by atoms with E-state index in [0.29, 0.717) is 24.4 Å². The van der Waals surface area contributed by atoms with Crippen LogP contribution in [0.25, 0.3) is 0 Å². The number of unbranched alkanes of at least 4 members (excludes halogenated alkanes) is 9. The van der Waals surface area contributed by atoms with E-state index in [1.54, 1.807) is 0 Å². The summed E-state index contributed by atoms with van der Waals surface area (Å²) in [5.74, 6) is 0.382. The molecule has 1 saturated heterocycles. The van der Waals surface area contributed by atoms with E-state index in [4.69, 9.17) is 0 Å². The second-order valence-electron chi connectivity index (χ2n) is 9.43. The van der Waals surface area contributed by atoms with E-state index >= 15 is 0 Å². The summed E-state index contributed by atoms with van der Waals surface area (Å²) < 4.78 is 0. The number of nitrogens with zero attached hydrogens (tertiary/aromatic N) is 1. The lowest BCUT2D eigenvalue weighted by Gasteiger charge is -2.39. The first kappa shape index (κ1) is 21.7. The van der Waals surface area contributed by atoms with Crippen LogP contribution in [0.15, 0.2) is 0 Å². The fourth-order valence-electron chi connectivity index (χ4n) is 4.93. The highest BCUT2D eigenvalue weighted by molar-refractivity contribution is 5.78. The molecular weight excluding hydrogens is 320 g/mol. The summed E-state index contributed by atoms with van der Waals surface area (Å²) in [6.07, 6.45) is 19.2. The molecule has 2 aliphatic rings. The van der Waals surface area contributed by atoms with Gasteiger partial charge in [-0.3, -0.25) is 4.79 Å². The van der Waals surface area contributed by atoms with Gasteiger partial charge in [0.2, 0.25) is 5.91 Å². The predicted molar refractivity (Wildman–Crippen MR) is 111 cm³/mol. The molecule has 1 aliphatic carbocycles. The Morgan fingerprint density at radius 1 is 0.923 bits per heavy atom. The molecule has 0 spiro atoms. The average Bonchev–Trinajstić information content (AvgIpc) is 2.69. The molecule has 2 rings (SSSR count). The van der Waals surface area contributed by atoms with Gasteiger partial charge < -0.3 is 10.2 Å². The summed E-state index contributed by atoms with van der Waals surface area (Å²) in [6, 6.07) is 0.949. The van der Waals surface area contributed by atoms with Gasteiger partial charge in [0.1, 0.15) is 0 Å². The first-order valence-corrected chi connectivity index (χ1v) is 11.6. The zero-order valence-electron chi connectivity index (χ0n) is 17.8. The summed E-state index contributed by atoms with van der Waals surface area (Å²) in [6.45, 7) is 7.65. The molecule has 0 aromatic carbocycles. The quantitative estimate of drug-likeness (QED) is 0.469. The minimum Gasteiger partial charge on any atom is -0.338 e. The van der Waals surface area contributed by atoms with E-state index < -0.39 is 0 Å². The van der Waals surface area contributed by atoms with Crippen molar-refractivity contribution in [3.63, 3.8) is 0 Å². The Morgan fingerprint density at radius 3 is 2.15 bits per heavy atom. The molecule has 1 saturated carbocycles. The van der Waals surface area contributed by atoms with Crippen molar-refractivity contribution in [1.29, 1.82) is 0 Å². The molecule has 1 amide bonds. The van der Waals surface area contributed by atoms with Gasteiger partial charge in [-0.2, -0.15) is 0 Å². The fourth-order valence-corrected chi connectivity index (χ4v) is 4.93. The Kier molecular flexibility index (Phi) is 9.45. The Hall–Kier alpha value is -0.570. The van der Waals surface area contributed by atoms with Crippen molar-refractivity contribution in [1.82, 2.24) is 10.2 Å². The third kappa shape index (κ3) is 7.21. The molecule has 0 unspecified atom stereocenters. The predicted octanol–water partition coefficient (Wildman–Crippen LogP) is 5.82. The molecule has 1 aliphatic heterocycles. The summed E-state index contributed by atoms with van der Waals surface area (Å²) in [5, 5.41) is 3.79. The van der Waals surface area contributed by atoms with Crippen LogP contribution in [0, 0.1) is 0 Å². The van der Waals surface area contributed by atoms with Crippen LogP contribution in [0.4, 0.5) is 0 Å². The van der Waals surface area contributed by atoms with Crippen LogP contribution in [0.5, 0.6) is 0 Å². The van der Waals surface area contributed by atoms with Gasteiger partial charge in [-0.05, 0) is 33.1 Å². The summed E-state index contributed by atoms with van der Waals surface area (Å²) in [7, 11) is 0. The number of amides is 1. The fraction of sp³-hybridized carbons (Fsp3) is 0.957. The van der Waals surface area contributed by atoms with Crippen LogP contribution in [0.2, 0.25) is 0 Å². The number of carbonyl (C=O) groups is 1. The van der Waals surface area contributed by atoms with Gasteiger partial charge in [0.15, 0.2) is 0 Å². The highest BCUT2D eigenvalue weighted by atomic mass is 16.2. The molecule has 1 N–H and O–H groups in total. The molecule has 2 fully saturated rings. The van der Waals surface area contributed by atoms with Gasteiger partial charge >= 0.3 is 0 Å². The highest BCUT2D eigenvalue weighted by Gasteiger charge is 2.40. The lowest BCUT2D eigenvalue weighted by Crippen LogP contribution is -2.53. The van der Waals surface area contributed by atoms with Crippen molar-refractivity contribution in [2.24, 2.45) is 0 Å². The Morgan fingerprint density at radius 2 is 1.50 bits per heavy atom. The number of carbonyl (C=O) groups excluding carboxylic acids is 1. The molecule has 0 aromatic heterocycles. The molecule has 26 heavy (non-hydrogen) atoms. The van der Waals surface area contributed by atoms with Crippen molar-refractivity contribution in [3.8, 4) is 0 Å². The van der Waals surface area contributed by atoms with Gasteiger partial charge in [0.25, 0.3) is 0 Å². The van der Waals surface area contributed by atoms with E-state index in [9.17, 15) is 4.79 Å². The Bertz CT molecular complexity index is 407. The van der Waals surface area contributed by atoms with Crippen LogP contribution in [-0.4, -0.2) is 35.0 Å². The minimum absolute atomic E-state index is 0.0517. The summed E-state index contributed by atoms with van der Waals surface area (Å²) in [4.78, 5) is 15.1. The van der Waals surface area contributed by atoms with Crippen molar-refractivity contribution in [3.05, 3.63) is 0 Å². The number of hydrogen-bond donors (Lipinski definition) is 1. The monoisotopic (exact) mass is 364 g/mol.